The van der Waals surface area contributed by atoms with Crippen LogP contribution in [-0.2, 0) is 4.79 Å². The van der Waals surface area contributed by atoms with Gasteiger partial charge in [-0.3, -0.25) is 4.79 Å². The van der Waals surface area contributed by atoms with Crippen molar-refractivity contribution in [3.8, 4) is 0 Å². The Balaban J connectivity index is 3.49. The number of hydrogen-bond donors (Lipinski definition) is 3. The largest absolute Gasteiger partial charge is 0.394 e. The number of carbonyl (C=O) groups is 1. The third kappa shape index (κ3) is 38.4. The maximum atomic E-state index is 12.4. The summed E-state index contributed by atoms with van der Waals surface area (Å²) in [5.41, 5.74) is 0. The first kappa shape index (κ1) is 49.1. The van der Waals surface area contributed by atoms with Crippen LogP contribution in [0, 0.1) is 0 Å². The number of aliphatic hydroxyl groups is 2. The van der Waals surface area contributed by atoms with Crippen LogP contribution in [0.3, 0.4) is 0 Å². The Morgan fingerprint density at radius 3 is 1.10 bits per heavy atom. The number of rotatable bonds is 42. The molecule has 0 aliphatic heterocycles. The first-order chi connectivity index (χ1) is 24.7. The number of nitrogens with one attached hydrogen (secondary N) is 1. The predicted molar refractivity (Wildman–Crippen MR) is 221 cm³/mol. The fourth-order valence-electron chi connectivity index (χ4n) is 7.24. The molecule has 0 radical (unpaired) electrons. The van der Waals surface area contributed by atoms with Gasteiger partial charge in [0.1, 0.15) is 0 Å². The van der Waals surface area contributed by atoms with Crippen molar-refractivity contribution in [1.29, 1.82) is 0 Å². The third-order valence-electron chi connectivity index (χ3n) is 10.8. The minimum atomic E-state index is -0.658. The molecule has 0 saturated carbocycles. The molecule has 4 nitrogen and oxygen atoms in total. The quantitative estimate of drug-likeness (QED) is 0.0437. The second-order valence-electron chi connectivity index (χ2n) is 15.8. The zero-order valence-corrected chi connectivity index (χ0v) is 34.2. The highest BCUT2D eigenvalue weighted by molar-refractivity contribution is 5.76. The first-order valence-electron chi connectivity index (χ1n) is 22.9. The summed E-state index contributed by atoms with van der Waals surface area (Å²) >= 11 is 0. The molecular formula is C46H91NO3. The molecule has 0 aliphatic rings. The average molecular weight is 706 g/mol. The van der Waals surface area contributed by atoms with E-state index in [1.165, 1.54) is 205 Å². The van der Waals surface area contributed by atoms with E-state index in [-0.39, 0.29) is 12.5 Å². The standard InChI is InChI=1S/C46H91NO3/c1-3-5-7-9-11-13-15-17-19-21-23-25-27-29-31-33-35-37-39-41-45(49)44(43-48)47-46(50)42-40-38-36-34-32-30-28-26-24-22-20-18-16-14-12-10-8-6-4-2/h22,24,44-45,48-49H,3-21,23,25-43H2,1-2H3,(H,47,50)/b24-22-. The van der Waals surface area contributed by atoms with E-state index in [9.17, 15) is 15.0 Å². The van der Waals surface area contributed by atoms with Crippen LogP contribution in [0.4, 0.5) is 0 Å². The fourth-order valence-corrected chi connectivity index (χ4v) is 7.24. The fraction of sp³-hybridized carbons (Fsp3) is 0.935. The molecule has 298 valence electrons. The highest BCUT2D eigenvalue weighted by atomic mass is 16.3. The molecule has 50 heavy (non-hydrogen) atoms. The Morgan fingerprint density at radius 2 is 0.760 bits per heavy atom. The number of carbonyl (C=O) groups excluding carboxylic acids is 1. The Kier molecular flexibility index (Phi) is 41.8. The summed E-state index contributed by atoms with van der Waals surface area (Å²) in [5, 5.41) is 23.2. The maximum Gasteiger partial charge on any atom is 0.220 e. The van der Waals surface area contributed by atoms with Crippen LogP contribution in [0.2, 0.25) is 0 Å². The first-order valence-corrected chi connectivity index (χ1v) is 22.9. The van der Waals surface area contributed by atoms with E-state index in [0.29, 0.717) is 12.8 Å². The second kappa shape index (κ2) is 42.5. The van der Waals surface area contributed by atoms with Gasteiger partial charge in [0.2, 0.25) is 5.91 Å². The molecule has 0 fully saturated rings. The molecule has 0 aromatic heterocycles. The molecule has 3 N–H and O–H groups in total. The van der Waals surface area contributed by atoms with Crippen LogP contribution in [0.1, 0.15) is 258 Å². The molecular weight excluding hydrogens is 615 g/mol. The summed E-state index contributed by atoms with van der Waals surface area (Å²) in [6.45, 7) is 4.38. The van der Waals surface area contributed by atoms with Gasteiger partial charge in [0.25, 0.3) is 0 Å². The van der Waals surface area contributed by atoms with Gasteiger partial charge < -0.3 is 15.5 Å². The second-order valence-corrected chi connectivity index (χ2v) is 15.8. The van der Waals surface area contributed by atoms with Crippen LogP contribution in [0.25, 0.3) is 0 Å². The number of unbranched alkanes of at least 4 members (excludes halogenated alkanes) is 33. The highest BCUT2D eigenvalue weighted by Gasteiger charge is 2.20. The van der Waals surface area contributed by atoms with Crippen molar-refractivity contribution in [3.63, 3.8) is 0 Å². The van der Waals surface area contributed by atoms with Crippen molar-refractivity contribution in [1.82, 2.24) is 5.32 Å². The van der Waals surface area contributed by atoms with Gasteiger partial charge in [-0.2, -0.15) is 0 Å². The van der Waals surface area contributed by atoms with Gasteiger partial charge in [-0.15, -0.1) is 0 Å². The zero-order chi connectivity index (χ0) is 36.4. The molecule has 0 spiro atoms. The molecule has 0 saturated heterocycles. The van der Waals surface area contributed by atoms with Gasteiger partial charge in [-0.1, -0.05) is 225 Å². The van der Waals surface area contributed by atoms with Gasteiger partial charge >= 0.3 is 0 Å². The number of hydrogen-bond acceptors (Lipinski definition) is 3. The van der Waals surface area contributed by atoms with E-state index in [1.807, 2.05) is 0 Å². The summed E-state index contributed by atoms with van der Waals surface area (Å²) in [5.74, 6) is -0.0324. The SMILES string of the molecule is CCCCCCCCCC/C=C\CCCCCCCCCC(=O)NC(CO)C(O)CCCCCCCCCCCCCCCCCCCCC. The number of amides is 1. The van der Waals surface area contributed by atoms with Crippen molar-refractivity contribution in [2.45, 2.75) is 270 Å². The van der Waals surface area contributed by atoms with E-state index in [4.69, 9.17) is 0 Å². The van der Waals surface area contributed by atoms with Crippen LogP contribution in [0.15, 0.2) is 12.2 Å². The lowest BCUT2D eigenvalue weighted by atomic mass is 10.0. The summed E-state index contributed by atoms with van der Waals surface area (Å²) in [7, 11) is 0. The highest BCUT2D eigenvalue weighted by Crippen LogP contribution is 2.16. The molecule has 1 amide bonds. The van der Waals surface area contributed by atoms with E-state index >= 15 is 0 Å². The lowest BCUT2D eigenvalue weighted by molar-refractivity contribution is -0.123. The van der Waals surface area contributed by atoms with Gasteiger partial charge in [0.15, 0.2) is 0 Å². The molecule has 0 aliphatic carbocycles. The Morgan fingerprint density at radius 1 is 0.460 bits per heavy atom. The molecule has 0 heterocycles. The normalized spacial score (nSPS) is 13.0. The topological polar surface area (TPSA) is 69.6 Å². The monoisotopic (exact) mass is 706 g/mol. The van der Waals surface area contributed by atoms with Crippen molar-refractivity contribution in [2.24, 2.45) is 0 Å². The predicted octanol–water partition coefficient (Wildman–Crippen LogP) is 14.2. The Hall–Kier alpha value is -0.870. The van der Waals surface area contributed by atoms with E-state index in [2.05, 4.69) is 31.3 Å². The molecule has 2 atom stereocenters. The smallest absolute Gasteiger partial charge is 0.220 e. The van der Waals surface area contributed by atoms with Crippen molar-refractivity contribution in [2.75, 3.05) is 6.61 Å². The van der Waals surface area contributed by atoms with Crippen molar-refractivity contribution < 1.29 is 15.0 Å². The Bertz CT molecular complexity index is 680. The van der Waals surface area contributed by atoms with Crippen LogP contribution in [-0.4, -0.2) is 34.9 Å². The van der Waals surface area contributed by atoms with Gasteiger partial charge in [-0.25, -0.2) is 0 Å². The molecule has 0 bridgehead atoms. The van der Waals surface area contributed by atoms with Gasteiger partial charge in [-0.05, 0) is 38.5 Å². The van der Waals surface area contributed by atoms with E-state index in [1.54, 1.807) is 0 Å². The Labute approximate surface area is 314 Å². The van der Waals surface area contributed by atoms with Crippen LogP contribution < -0.4 is 5.32 Å². The molecule has 0 aromatic carbocycles. The molecule has 2 unspecified atom stereocenters. The summed E-state index contributed by atoms with van der Waals surface area (Å²) in [6, 6.07) is -0.535. The van der Waals surface area contributed by atoms with E-state index < -0.39 is 12.1 Å². The minimum absolute atomic E-state index is 0.0324. The van der Waals surface area contributed by atoms with Crippen molar-refractivity contribution in [3.05, 3.63) is 12.2 Å². The maximum absolute atomic E-state index is 12.4. The lowest BCUT2D eigenvalue weighted by Crippen LogP contribution is -2.45. The lowest BCUT2D eigenvalue weighted by Gasteiger charge is -2.22. The van der Waals surface area contributed by atoms with Crippen LogP contribution in [0.5, 0.6) is 0 Å². The number of allylic oxidation sites excluding steroid dienone is 2. The van der Waals surface area contributed by atoms with Crippen LogP contribution >= 0.6 is 0 Å². The van der Waals surface area contributed by atoms with Gasteiger partial charge in [0, 0.05) is 6.42 Å². The molecule has 0 aromatic rings. The zero-order valence-electron chi connectivity index (χ0n) is 34.2. The van der Waals surface area contributed by atoms with Gasteiger partial charge in [0.05, 0.1) is 18.8 Å². The third-order valence-corrected chi connectivity index (χ3v) is 10.8. The summed E-state index contributed by atoms with van der Waals surface area (Å²) in [6.07, 6.45) is 52.9. The minimum Gasteiger partial charge on any atom is -0.394 e. The molecule has 4 heteroatoms. The summed E-state index contributed by atoms with van der Waals surface area (Å²) < 4.78 is 0. The van der Waals surface area contributed by atoms with E-state index in [0.717, 1.165) is 25.7 Å². The average Bonchev–Trinajstić information content (AvgIpc) is 3.12. The van der Waals surface area contributed by atoms with Crippen molar-refractivity contribution >= 4 is 5.91 Å². The molecule has 0 rings (SSSR count). The number of aliphatic hydroxyl groups excluding tert-OH is 2. The summed E-state index contributed by atoms with van der Waals surface area (Å²) in [4.78, 5) is 12.4.